The van der Waals surface area contributed by atoms with Crippen molar-refractivity contribution in [3.63, 3.8) is 0 Å². The molecule has 0 aliphatic heterocycles. The lowest BCUT2D eigenvalue weighted by molar-refractivity contribution is -0.143. The molecule has 8 nitrogen and oxygen atoms in total. The number of hydrogen-bond donors (Lipinski definition) is 0. The van der Waals surface area contributed by atoms with Crippen molar-refractivity contribution < 1.29 is 27.2 Å². The number of para-hydroxylation sites is 1. The van der Waals surface area contributed by atoms with Crippen LogP contribution in [0.25, 0.3) is 21.2 Å². The first-order valence-corrected chi connectivity index (χ1v) is 12.0. The predicted molar refractivity (Wildman–Crippen MR) is 116 cm³/mol. The number of aromatic nitrogens is 1. The lowest BCUT2D eigenvalue weighted by atomic mass is 10.2. The van der Waals surface area contributed by atoms with Gasteiger partial charge in [0.05, 0.1) is 21.7 Å². The molecule has 0 bridgehead atoms. The fourth-order valence-corrected chi connectivity index (χ4v) is 4.88. The Kier molecular flexibility index (Phi) is 5.50. The van der Waals surface area contributed by atoms with Crippen LogP contribution in [0.15, 0.2) is 62.8 Å². The van der Waals surface area contributed by atoms with Gasteiger partial charge in [-0.3, -0.25) is 9.59 Å². The molecule has 1 amide bonds. The highest BCUT2D eigenvalue weighted by Gasteiger charge is 2.17. The fourth-order valence-electron chi connectivity index (χ4n) is 3.09. The standard InChI is InChI=1S/C21H18N2O6S2/c1-3-28-19(24)12-23-15-9-8-14(31(2,26)27)11-18(15)30-21(23)22-20(25)17-10-13-6-4-5-7-16(13)29-17/h4-11H,3,12H2,1-2H3. The first kappa shape index (κ1) is 21.0. The summed E-state index contributed by atoms with van der Waals surface area (Å²) >= 11 is 1.11. The van der Waals surface area contributed by atoms with Gasteiger partial charge in [-0.1, -0.05) is 29.5 Å². The fraction of sp³-hybridized carbons (Fsp3) is 0.190. The van der Waals surface area contributed by atoms with Crippen molar-refractivity contribution in [1.29, 1.82) is 0 Å². The van der Waals surface area contributed by atoms with Gasteiger partial charge >= 0.3 is 11.9 Å². The number of rotatable bonds is 5. The average Bonchev–Trinajstić information content (AvgIpc) is 3.29. The number of ether oxygens (including phenoxy) is 1. The van der Waals surface area contributed by atoms with E-state index in [2.05, 4.69) is 4.99 Å². The molecule has 0 saturated heterocycles. The van der Waals surface area contributed by atoms with Crippen LogP contribution in [-0.2, 0) is 25.9 Å². The molecular weight excluding hydrogens is 440 g/mol. The molecule has 0 saturated carbocycles. The largest absolute Gasteiger partial charge is 0.465 e. The topological polar surface area (TPSA) is 108 Å². The van der Waals surface area contributed by atoms with Crippen molar-refractivity contribution in [2.24, 2.45) is 4.99 Å². The van der Waals surface area contributed by atoms with E-state index in [4.69, 9.17) is 9.15 Å². The molecule has 10 heteroatoms. The molecule has 4 aromatic rings. The summed E-state index contributed by atoms with van der Waals surface area (Å²) in [5.41, 5.74) is 1.14. The lowest BCUT2D eigenvalue weighted by Crippen LogP contribution is -2.23. The Bertz CT molecular complexity index is 1460. The predicted octanol–water partition coefficient (Wildman–Crippen LogP) is 3.16. The van der Waals surface area contributed by atoms with E-state index in [0.29, 0.717) is 15.8 Å². The summed E-state index contributed by atoms with van der Waals surface area (Å²) < 4.78 is 36.5. The Labute approximate surface area is 181 Å². The van der Waals surface area contributed by atoms with Gasteiger partial charge in [-0.05, 0) is 37.3 Å². The number of benzene rings is 2. The van der Waals surface area contributed by atoms with Crippen LogP contribution >= 0.6 is 11.3 Å². The van der Waals surface area contributed by atoms with Crippen LogP contribution in [0.1, 0.15) is 17.5 Å². The third kappa shape index (κ3) is 4.30. The number of fused-ring (bicyclic) bond motifs is 2. The number of amides is 1. The maximum atomic E-state index is 12.8. The van der Waals surface area contributed by atoms with E-state index in [1.165, 1.54) is 16.7 Å². The molecule has 0 aliphatic rings. The molecule has 0 N–H and O–H groups in total. The van der Waals surface area contributed by atoms with Crippen LogP contribution < -0.4 is 4.80 Å². The van der Waals surface area contributed by atoms with Crippen LogP contribution in [0, 0.1) is 0 Å². The maximum absolute atomic E-state index is 12.8. The summed E-state index contributed by atoms with van der Waals surface area (Å²) in [4.78, 5) is 29.4. The van der Waals surface area contributed by atoms with Crippen molar-refractivity contribution in [3.8, 4) is 0 Å². The van der Waals surface area contributed by atoms with E-state index in [0.717, 1.165) is 23.0 Å². The highest BCUT2D eigenvalue weighted by molar-refractivity contribution is 7.90. The molecule has 2 aromatic carbocycles. The minimum atomic E-state index is -3.42. The monoisotopic (exact) mass is 458 g/mol. The zero-order valence-corrected chi connectivity index (χ0v) is 18.3. The summed E-state index contributed by atoms with van der Waals surface area (Å²) in [6.45, 7) is 1.74. The van der Waals surface area contributed by atoms with Gasteiger partial charge in [0.15, 0.2) is 20.4 Å². The number of nitrogens with zero attached hydrogens (tertiary/aromatic N) is 2. The Hall–Kier alpha value is -3.24. The molecule has 4 rings (SSSR count). The number of furan rings is 1. The molecule has 0 aliphatic carbocycles. The van der Waals surface area contributed by atoms with E-state index in [9.17, 15) is 18.0 Å². The van der Waals surface area contributed by atoms with E-state index in [1.54, 1.807) is 31.2 Å². The van der Waals surface area contributed by atoms with E-state index < -0.39 is 21.7 Å². The normalized spacial score (nSPS) is 12.5. The van der Waals surface area contributed by atoms with Crippen molar-refractivity contribution in [2.45, 2.75) is 18.4 Å². The van der Waals surface area contributed by atoms with Crippen LogP contribution in [0.3, 0.4) is 0 Å². The summed E-state index contributed by atoms with van der Waals surface area (Å²) in [6, 6.07) is 13.4. The third-order valence-corrected chi connectivity index (χ3v) is 6.66. The van der Waals surface area contributed by atoms with Crippen LogP contribution in [-0.4, -0.2) is 37.7 Å². The SMILES string of the molecule is CCOC(=O)Cn1c(=NC(=O)c2cc3ccccc3o2)sc2cc(S(C)(=O)=O)ccc21. The van der Waals surface area contributed by atoms with Crippen LogP contribution in [0.4, 0.5) is 0 Å². The number of esters is 1. The van der Waals surface area contributed by atoms with Gasteiger partial charge in [0.1, 0.15) is 12.1 Å². The Morgan fingerprint density at radius 2 is 1.94 bits per heavy atom. The lowest BCUT2D eigenvalue weighted by Gasteiger charge is -2.05. The quantitative estimate of drug-likeness (QED) is 0.425. The van der Waals surface area contributed by atoms with Gasteiger partial charge in [-0.25, -0.2) is 8.42 Å². The number of carbonyl (C=O) groups is 2. The summed E-state index contributed by atoms with van der Waals surface area (Å²) in [7, 11) is -3.42. The molecule has 0 unspecified atom stereocenters. The number of hydrogen-bond acceptors (Lipinski definition) is 7. The number of carbonyl (C=O) groups excluding carboxylic acids is 2. The molecule has 0 atom stereocenters. The second kappa shape index (κ2) is 8.12. The van der Waals surface area contributed by atoms with Gasteiger partial charge in [0, 0.05) is 11.6 Å². The van der Waals surface area contributed by atoms with Crippen molar-refractivity contribution in [2.75, 3.05) is 12.9 Å². The van der Waals surface area contributed by atoms with E-state index in [1.807, 2.05) is 12.1 Å². The van der Waals surface area contributed by atoms with Gasteiger partial charge in [-0.2, -0.15) is 4.99 Å². The highest BCUT2D eigenvalue weighted by Crippen LogP contribution is 2.23. The highest BCUT2D eigenvalue weighted by atomic mass is 32.2. The molecule has 0 fully saturated rings. The number of thiazole rings is 1. The van der Waals surface area contributed by atoms with E-state index in [-0.39, 0.29) is 28.6 Å². The third-order valence-electron chi connectivity index (χ3n) is 4.51. The smallest absolute Gasteiger partial charge is 0.326 e. The molecular formula is C21H18N2O6S2. The molecule has 0 spiro atoms. The summed E-state index contributed by atoms with van der Waals surface area (Å²) in [5.74, 6) is -1.03. The summed E-state index contributed by atoms with van der Waals surface area (Å²) in [6.07, 6.45) is 1.12. The van der Waals surface area contributed by atoms with Gasteiger partial charge < -0.3 is 13.7 Å². The van der Waals surface area contributed by atoms with Crippen LogP contribution in [0.5, 0.6) is 0 Å². The zero-order chi connectivity index (χ0) is 22.2. The first-order chi connectivity index (χ1) is 14.8. The molecule has 31 heavy (non-hydrogen) atoms. The minimum Gasteiger partial charge on any atom is -0.465 e. The second-order valence-corrected chi connectivity index (χ2v) is 9.77. The van der Waals surface area contributed by atoms with Crippen molar-refractivity contribution >= 4 is 54.2 Å². The van der Waals surface area contributed by atoms with Crippen LogP contribution in [0.2, 0.25) is 0 Å². The zero-order valence-electron chi connectivity index (χ0n) is 16.7. The van der Waals surface area contributed by atoms with Gasteiger partial charge in [0.2, 0.25) is 0 Å². The Morgan fingerprint density at radius 1 is 1.16 bits per heavy atom. The molecule has 2 heterocycles. The Morgan fingerprint density at radius 3 is 2.65 bits per heavy atom. The Balaban J connectivity index is 1.85. The first-order valence-electron chi connectivity index (χ1n) is 9.33. The van der Waals surface area contributed by atoms with E-state index >= 15 is 0 Å². The van der Waals surface area contributed by atoms with Crippen molar-refractivity contribution in [3.05, 3.63) is 59.1 Å². The molecule has 0 radical (unpaired) electrons. The average molecular weight is 459 g/mol. The minimum absolute atomic E-state index is 0.0677. The molecule has 2 aromatic heterocycles. The van der Waals surface area contributed by atoms with Crippen molar-refractivity contribution in [1.82, 2.24) is 4.57 Å². The van der Waals surface area contributed by atoms with Gasteiger partial charge in [-0.15, -0.1) is 0 Å². The number of sulfone groups is 1. The maximum Gasteiger partial charge on any atom is 0.326 e. The van der Waals surface area contributed by atoms with Gasteiger partial charge in [0.25, 0.3) is 0 Å². The second-order valence-electron chi connectivity index (χ2n) is 6.74. The molecule has 160 valence electrons. The summed E-state index contributed by atoms with van der Waals surface area (Å²) in [5, 5.41) is 0.773.